The molecular weight excluding hydrogens is 491 g/mol. The maximum absolute atomic E-state index is 14.9. The number of benzene rings is 1. The summed E-state index contributed by atoms with van der Waals surface area (Å²) in [6, 6.07) is 11.9. The quantitative estimate of drug-likeness (QED) is 0.194. The number of thiazole rings is 1. The van der Waals surface area contributed by atoms with Crippen molar-refractivity contribution in [2.45, 2.75) is 58.8 Å². The summed E-state index contributed by atoms with van der Waals surface area (Å²) in [5.41, 5.74) is 3.36. The van der Waals surface area contributed by atoms with Crippen LogP contribution in [0.1, 0.15) is 24.5 Å². The molecule has 0 saturated heterocycles. The molecule has 0 spiro atoms. The van der Waals surface area contributed by atoms with Gasteiger partial charge >= 0.3 is 0 Å². The first kappa shape index (κ1) is 26.3. The summed E-state index contributed by atoms with van der Waals surface area (Å²) in [7, 11) is -1.19. The van der Waals surface area contributed by atoms with Gasteiger partial charge in [0, 0.05) is 43.9 Å². The number of aliphatic hydroxyl groups is 1. The van der Waals surface area contributed by atoms with Crippen molar-refractivity contribution in [3.05, 3.63) is 65.3 Å². The van der Waals surface area contributed by atoms with Crippen LogP contribution in [0.2, 0.25) is 25.7 Å². The van der Waals surface area contributed by atoms with Gasteiger partial charge in [-0.25, -0.2) is 14.1 Å². The molecule has 0 atom stereocenters. The van der Waals surface area contributed by atoms with E-state index in [2.05, 4.69) is 29.6 Å². The molecule has 190 valence electrons. The first-order valence-electron chi connectivity index (χ1n) is 12.0. The Bertz CT molecular complexity index is 1350. The molecule has 4 rings (SSSR count). The van der Waals surface area contributed by atoms with E-state index in [0.29, 0.717) is 34.5 Å². The third-order valence-corrected chi connectivity index (χ3v) is 8.73. The molecule has 0 aliphatic carbocycles. The number of halogens is 1. The van der Waals surface area contributed by atoms with Crippen molar-refractivity contribution in [3.63, 3.8) is 0 Å². The first-order chi connectivity index (χ1) is 16.9. The van der Waals surface area contributed by atoms with Gasteiger partial charge in [-0.05, 0) is 56.6 Å². The van der Waals surface area contributed by atoms with Crippen LogP contribution in [0.4, 0.5) is 4.39 Å². The second kappa shape index (κ2) is 10.3. The van der Waals surface area contributed by atoms with E-state index < -0.39 is 13.7 Å². The summed E-state index contributed by atoms with van der Waals surface area (Å²) in [5, 5.41) is 15.6. The first-order valence-corrected chi connectivity index (χ1v) is 16.5. The van der Waals surface area contributed by atoms with Crippen LogP contribution in [-0.2, 0) is 17.1 Å². The highest BCUT2D eigenvalue weighted by Crippen LogP contribution is 2.37. The van der Waals surface area contributed by atoms with Crippen LogP contribution in [0.3, 0.4) is 0 Å². The molecule has 1 aromatic carbocycles. The van der Waals surface area contributed by atoms with Crippen molar-refractivity contribution in [1.82, 2.24) is 19.7 Å². The second-order valence-corrected chi connectivity index (χ2v) is 17.4. The maximum Gasteiger partial charge on any atom is 0.139 e. The molecule has 4 aromatic rings. The lowest BCUT2D eigenvalue weighted by Gasteiger charge is -2.15. The topological polar surface area (TPSA) is 73.1 Å². The smallest absolute Gasteiger partial charge is 0.139 e. The summed E-state index contributed by atoms with van der Waals surface area (Å²) in [5.74, 6) is -0.345. The van der Waals surface area contributed by atoms with Crippen LogP contribution >= 0.6 is 11.3 Å². The molecule has 3 aromatic heterocycles. The van der Waals surface area contributed by atoms with E-state index in [1.807, 2.05) is 37.4 Å². The van der Waals surface area contributed by atoms with Gasteiger partial charge in [0.15, 0.2) is 0 Å². The van der Waals surface area contributed by atoms with Crippen molar-refractivity contribution in [1.29, 1.82) is 0 Å². The monoisotopic (exact) mass is 524 g/mol. The van der Waals surface area contributed by atoms with Crippen molar-refractivity contribution in [2.24, 2.45) is 0 Å². The van der Waals surface area contributed by atoms with E-state index in [1.54, 1.807) is 30.8 Å². The normalized spacial score (nSPS) is 12.3. The molecule has 0 aliphatic rings. The number of ether oxygens (including phenoxy) is 1. The molecule has 9 heteroatoms. The molecule has 0 saturated carbocycles. The second-order valence-electron chi connectivity index (χ2n) is 10.7. The highest BCUT2D eigenvalue weighted by molar-refractivity contribution is 7.15. The fraction of sp³-hybridized carbons (Fsp3) is 0.370. The minimum absolute atomic E-state index is 0.334. The Morgan fingerprint density at radius 2 is 1.92 bits per heavy atom. The fourth-order valence-corrected chi connectivity index (χ4v) is 5.35. The summed E-state index contributed by atoms with van der Waals surface area (Å²) in [6.07, 6.45) is 3.54. The summed E-state index contributed by atoms with van der Waals surface area (Å²) in [4.78, 5) is 9.64. The molecule has 0 amide bonds. The number of nitrogens with zero attached hydrogens (tertiary/aromatic N) is 4. The Morgan fingerprint density at radius 1 is 1.14 bits per heavy atom. The van der Waals surface area contributed by atoms with Gasteiger partial charge in [0.05, 0.1) is 10.6 Å². The van der Waals surface area contributed by atoms with Crippen molar-refractivity contribution < 1.29 is 14.2 Å². The molecule has 0 aliphatic heterocycles. The molecule has 0 radical (unpaired) electrons. The standard InChI is InChI=1S/C27H33FN4O2SSi/c1-18-8-7-9-23(30-18)25-21(16-32(31-25)17-34-12-13-36(4,5)6)19-10-11-22(28)20(14-19)24-15-29-26(35-24)27(2,3)33/h7-11,14-16,33H,12-13,17H2,1-6H3. The van der Waals surface area contributed by atoms with E-state index in [1.165, 1.54) is 17.4 Å². The molecular formula is C27H33FN4O2SSi. The minimum Gasteiger partial charge on any atom is -0.383 e. The highest BCUT2D eigenvalue weighted by Gasteiger charge is 2.22. The van der Waals surface area contributed by atoms with Crippen LogP contribution < -0.4 is 0 Å². The Balaban J connectivity index is 1.72. The van der Waals surface area contributed by atoms with E-state index in [0.717, 1.165) is 28.6 Å². The Morgan fingerprint density at radius 3 is 2.58 bits per heavy atom. The molecule has 0 bridgehead atoms. The largest absolute Gasteiger partial charge is 0.383 e. The maximum atomic E-state index is 14.9. The van der Waals surface area contributed by atoms with E-state index in [-0.39, 0.29) is 5.82 Å². The lowest BCUT2D eigenvalue weighted by molar-refractivity contribution is 0.0782. The van der Waals surface area contributed by atoms with Crippen LogP contribution in [0.25, 0.3) is 33.0 Å². The van der Waals surface area contributed by atoms with E-state index >= 15 is 0 Å². The molecule has 3 heterocycles. The average molecular weight is 525 g/mol. The van der Waals surface area contributed by atoms with Gasteiger partial charge in [0.25, 0.3) is 0 Å². The van der Waals surface area contributed by atoms with Gasteiger partial charge in [-0.15, -0.1) is 11.3 Å². The molecule has 6 nitrogen and oxygen atoms in total. The SMILES string of the molecule is Cc1cccc(-c2nn(COCC[Si](C)(C)C)cc2-c2ccc(F)c(-c3cnc(C(C)(C)O)s3)c2)n1. The van der Waals surface area contributed by atoms with Crippen molar-refractivity contribution in [3.8, 4) is 33.0 Å². The highest BCUT2D eigenvalue weighted by atomic mass is 32.1. The molecule has 0 fully saturated rings. The van der Waals surface area contributed by atoms with Crippen molar-refractivity contribution in [2.75, 3.05) is 6.61 Å². The number of hydrogen-bond acceptors (Lipinski definition) is 6. The van der Waals surface area contributed by atoms with Gasteiger partial charge in [-0.1, -0.05) is 31.8 Å². The van der Waals surface area contributed by atoms with Gasteiger partial charge in [-0.2, -0.15) is 5.10 Å². The third kappa shape index (κ3) is 6.33. The van der Waals surface area contributed by atoms with E-state index in [9.17, 15) is 9.50 Å². The number of hydrogen-bond donors (Lipinski definition) is 1. The van der Waals surface area contributed by atoms with Crippen LogP contribution in [-0.4, -0.2) is 39.5 Å². The zero-order valence-electron chi connectivity index (χ0n) is 21.7. The number of rotatable bonds is 9. The van der Waals surface area contributed by atoms with Gasteiger partial charge in [0.1, 0.15) is 28.9 Å². The molecule has 0 unspecified atom stereocenters. The average Bonchev–Trinajstić information content (AvgIpc) is 3.44. The number of pyridine rings is 1. The fourth-order valence-electron chi connectivity index (χ4n) is 3.66. The summed E-state index contributed by atoms with van der Waals surface area (Å²) >= 11 is 1.28. The van der Waals surface area contributed by atoms with E-state index in [4.69, 9.17) is 9.84 Å². The van der Waals surface area contributed by atoms with Crippen LogP contribution in [0, 0.1) is 12.7 Å². The number of aryl methyl sites for hydroxylation is 1. The van der Waals surface area contributed by atoms with Crippen LogP contribution in [0.15, 0.2) is 48.8 Å². The minimum atomic E-state index is -1.19. The zero-order chi connectivity index (χ0) is 26.1. The van der Waals surface area contributed by atoms with Gasteiger partial charge in [-0.3, -0.25) is 4.98 Å². The third-order valence-electron chi connectivity index (χ3n) is 5.68. The molecule has 36 heavy (non-hydrogen) atoms. The zero-order valence-corrected chi connectivity index (χ0v) is 23.5. The summed E-state index contributed by atoms with van der Waals surface area (Å²) < 4.78 is 22.6. The Labute approximate surface area is 216 Å². The lowest BCUT2D eigenvalue weighted by Crippen LogP contribution is -2.22. The Hall–Kier alpha value is -2.72. The Kier molecular flexibility index (Phi) is 7.56. The van der Waals surface area contributed by atoms with Gasteiger partial charge in [0.2, 0.25) is 0 Å². The lowest BCUT2D eigenvalue weighted by atomic mass is 10.0. The van der Waals surface area contributed by atoms with Crippen LogP contribution in [0.5, 0.6) is 0 Å². The number of aromatic nitrogens is 4. The predicted molar refractivity (Wildman–Crippen MR) is 146 cm³/mol. The van der Waals surface area contributed by atoms with Crippen molar-refractivity contribution >= 4 is 19.4 Å². The molecule has 1 N–H and O–H groups in total. The van der Waals surface area contributed by atoms with Gasteiger partial charge < -0.3 is 9.84 Å². The summed E-state index contributed by atoms with van der Waals surface area (Å²) in [6.45, 7) is 13.3. The predicted octanol–water partition coefficient (Wildman–Crippen LogP) is 6.72.